The lowest BCUT2D eigenvalue weighted by Crippen LogP contribution is -2.30. The van der Waals surface area contributed by atoms with Gasteiger partial charge in [0.15, 0.2) is 5.82 Å². The Morgan fingerprint density at radius 2 is 2.07 bits per heavy atom. The summed E-state index contributed by atoms with van der Waals surface area (Å²) in [6.45, 7) is 0.348. The second kappa shape index (κ2) is 8.03. The van der Waals surface area contributed by atoms with Gasteiger partial charge in [-0.2, -0.15) is 5.10 Å². The first kappa shape index (κ1) is 17.3. The van der Waals surface area contributed by atoms with E-state index in [1.807, 2.05) is 36.5 Å². The molecule has 3 aromatic rings. The third kappa shape index (κ3) is 4.16. The number of benzene rings is 1. The minimum atomic E-state index is -0.272. The number of hydrogen-bond donors (Lipinski definition) is 2. The van der Waals surface area contributed by atoms with Gasteiger partial charge in [-0.15, -0.1) is 10.2 Å². The molecule has 1 aliphatic rings. The summed E-state index contributed by atoms with van der Waals surface area (Å²) in [4.78, 5) is 12.3. The summed E-state index contributed by atoms with van der Waals surface area (Å²) in [6, 6.07) is 9.56. The van der Waals surface area contributed by atoms with Crippen molar-refractivity contribution in [1.82, 2.24) is 29.9 Å². The molecular formula is C19H23N7O. The monoisotopic (exact) mass is 365 g/mol. The van der Waals surface area contributed by atoms with E-state index in [-0.39, 0.29) is 6.03 Å². The number of nitrogens with one attached hydrogen (secondary N) is 2. The summed E-state index contributed by atoms with van der Waals surface area (Å²) in [5, 5.41) is 18.1. The fraction of sp³-hybridized carbons (Fsp3) is 0.368. The number of nitrogens with zero attached hydrogens (tertiary/aromatic N) is 5. The van der Waals surface area contributed by atoms with Gasteiger partial charge in [-0.05, 0) is 37.1 Å². The van der Waals surface area contributed by atoms with Crippen molar-refractivity contribution in [1.29, 1.82) is 0 Å². The second-order valence-corrected chi connectivity index (χ2v) is 6.75. The van der Waals surface area contributed by atoms with Crippen LogP contribution in [0, 0.1) is 0 Å². The summed E-state index contributed by atoms with van der Waals surface area (Å²) < 4.78 is 3.85. The SMILES string of the molecule is O=C(NCc1nncn1C1CCCCC1)Nc1cccc(-n2cccn2)c1. The molecule has 1 saturated carbocycles. The maximum absolute atomic E-state index is 12.3. The molecule has 0 bridgehead atoms. The molecule has 4 rings (SSSR count). The lowest BCUT2D eigenvalue weighted by Gasteiger charge is -2.24. The number of urea groups is 1. The molecule has 2 aromatic heterocycles. The second-order valence-electron chi connectivity index (χ2n) is 6.75. The molecule has 140 valence electrons. The Kier molecular flexibility index (Phi) is 5.13. The molecule has 27 heavy (non-hydrogen) atoms. The van der Waals surface area contributed by atoms with E-state index in [0.717, 1.165) is 24.4 Å². The zero-order valence-corrected chi connectivity index (χ0v) is 15.1. The van der Waals surface area contributed by atoms with Crippen LogP contribution in [0.25, 0.3) is 5.69 Å². The van der Waals surface area contributed by atoms with Crippen molar-refractivity contribution in [2.75, 3.05) is 5.32 Å². The molecule has 2 heterocycles. The first-order valence-corrected chi connectivity index (χ1v) is 9.33. The number of amides is 2. The van der Waals surface area contributed by atoms with E-state index in [1.54, 1.807) is 17.2 Å². The first-order valence-electron chi connectivity index (χ1n) is 9.33. The number of carbonyl (C=O) groups excluding carboxylic acids is 1. The van der Waals surface area contributed by atoms with Gasteiger partial charge in [-0.1, -0.05) is 25.3 Å². The number of rotatable bonds is 5. The zero-order chi connectivity index (χ0) is 18.5. The maximum atomic E-state index is 12.3. The van der Waals surface area contributed by atoms with Crippen molar-refractivity contribution < 1.29 is 4.79 Å². The number of anilines is 1. The smallest absolute Gasteiger partial charge is 0.319 e. The van der Waals surface area contributed by atoms with Gasteiger partial charge in [0.05, 0.1) is 12.2 Å². The number of hydrogen-bond acceptors (Lipinski definition) is 4. The molecule has 0 saturated heterocycles. The summed E-state index contributed by atoms with van der Waals surface area (Å²) in [6.07, 6.45) is 11.4. The van der Waals surface area contributed by atoms with Gasteiger partial charge in [-0.3, -0.25) is 0 Å². The highest BCUT2D eigenvalue weighted by atomic mass is 16.2. The number of aromatic nitrogens is 5. The van der Waals surface area contributed by atoms with E-state index in [9.17, 15) is 4.79 Å². The lowest BCUT2D eigenvalue weighted by molar-refractivity contribution is 0.251. The Balaban J connectivity index is 1.35. The first-order chi connectivity index (χ1) is 13.3. The predicted molar refractivity (Wildman–Crippen MR) is 102 cm³/mol. The molecule has 1 aromatic carbocycles. The van der Waals surface area contributed by atoms with Crippen molar-refractivity contribution in [2.24, 2.45) is 0 Å². The summed E-state index contributed by atoms with van der Waals surface area (Å²) in [5.41, 5.74) is 1.59. The Bertz CT molecular complexity index is 881. The van der Waals surface area contributed by atoms with Gasteiger partial charge < -0.3 is 15.2 Å². The Labute approximate surface area is 157 Å². The van der Waals surface area contributed by atoms with E-state index >= 15 is 0 Å². The summed E-state index contributed by atoms with van der Waals surface area (Å²) in [5.74, 6) is 0.794. The van der Waals surface area contributed by atoms with E-state index in [4.69, 9.17) is 0 Å². The molecule has 0 spiro atoms. The van der Waals surface area contributed by atoms with Crippen LogP contribution >= 0.6 is 0 Å². The van der Waals surface area contributed by atoms with Crippen molar-refractivity contribution >= 4 is 11.7 Å². The van der Waals surface area contributed by atoms with Crippen LogP contribution in [-0.4, -0.2) is 30.6 Å². The van der Waals surface area contributed by atoms with Crippen molar-refractivity contribution in [2.45, 2.75) is 44.7 Å². The Morgan fingerprint density at radius 1 is 1.19 bits per heavy atom. The standard InChI is InChI=1S/C19H23N7O/c27-19(23-15-6-4-9-17(12-15)26-11-5-10-22-26)20-13-18-24-21-14-25(18)16-7-2-1-3-8-16/h4-6,9-12,14,16H,1-3,7-8,13H2,(H2,20,23,27). The van der Waals surface area contributed by atoms with Crippen LogP contribution in [0.5, 0.6) is 0 Å². The molecule has 2 amide bonds. The summed E-state index contributed by atoms with van der Waals surface area (Å²) >= 11 is 0. The molecule has 8 heteroatoms. The third-order valence-corrected chi connectivity index (χ3v) is 4.90. The molecule has 8 nitrogen and oxygen atoms in total. The number of carbonyl (C=O) groups is 1. The molecule has 2 N–H and O–H groups in total. The highest BCUT2D eigenvalue weighted by Crippen LogP contribution is 2.28. The van der Waals surface area contributed by atoms with Crippen molar-refractivity contribution in [3.05, 3.63) is 54.9 Å². The zero-order valence-electron chi connectivity index (χ0n) is 15.1. The maximum Gasteiger partial charge on any atom is 0.319 e. The van der Waals surface area contributed by atoms with Crippen LogP contribution in [0.2, 0.25) is 0 Å². The Hall–Kier alpha value is -3.16. The van der Waals surface area contributed by atoms with Crippen molar-refractivity contribution in [3.8, 4) is 5.69 Å². The fourth-order valence-corrected chi connectivity index (χ4v) is 3.54. The van der Waals surface area contributed by atoms with Crippen LogP contribution in [0.1, 0.15) is 44.0 Å². The van der Waals surface area contributed by atoms with Gasteiger partial charge in [0.25, 0.3) is 0 Å². The quantitative estimate of drug-likeness (QED) is 0.726. The summed E-state index contributed by atoms with van der Waals surface area (Å²) in [7, 11) is 0. The predicted octanol–water partition coefficient (Wildman–Crippen LogP) is 3.29. The van der Waals surface area contributed by atoms with Crippen LogP contribution in [0.3, 0.4) is 0 Å². The van der Waals surface area contributed by atoms with E-state index < -0.39 is 0 Å². The van der Waals surface area contributed by atoms with Gasteiger partial charge >= 0.3 is 6.03 Å². The van der Waals surface area contributed by atoms with E-state index in [1.165, 1.54) is 19.3 Å². The van der Waals surface area contributed by atoms with Crippen LogP contribution in [-0.2, 0) is 6.54 Å². The van der Waals surface area contributed by atoms with Crippen LogP contribution < -0.4 is 10.6 Å². The minimum Gasteiger partial charge on any atom is -0.331 e. The largest absolute Gasteiger partial charge is 0.331 e. The molecule has 1 fully saturated rings. The van der Waals surface area contributed by atoms with Crippen molar-refractivity contribution in [3.63, 3.8) is 0 Å². The third-order valence-electron chi connectivity index (χ3n) is 4.90. The highest BCUT2D eigenvalue weighted by Gasteiger charge is 2.18. The van der Waals surface area contributed by atoms with Crippen LogP contribution in [0.4, 0.5) is 10.5 Å². The lowest BCUT2D eigenvalue weighted by atomic mass is 9.95. The average molecular weight is 365 g/mol. The fourth-order valence-electron chi connectivity index (χ4n) is 3.54. The van der Waals surface area contributed by atoms with E-state index in [2.05, 4.69) is 30.5 Å². The van der Waals surface area contributed by atoms with E-state index in [0.29, 0.717) is 18.3 Å². The molecule has 0 aliphatic heterocycles. The average Bonchev–Trinajstić information content (AvgIpc) is 3.39. The van der Waals surface area contributed by atoms with Crippen LogP contribution in [0.15, 0.2) is 49.1 Å². The molecule has 0 unspecified atom stereocenters. The highest BCUT2D eigenvalue weighted by molar-refractivity contribution is 5.89. The normalized spacial score (nSPS) is 14.8. The topological polar surface area (TPSA) is 89.7 Å². The van der Waals surface area contributed by atoms with Gasteiger partial charge in [0.1, 0.15) is 6.33 Å². The van der Waals surface area contributed by atoms with Gasteiger partial charge in [-0.25, -0.2) is 9.48 Å². The molecular weight excluding hydrogens is 342 g/mol. The van der Waals surface area contributed by atoms with Gasteiger partial charge in [0.2, 0.25) is 0 Å². The molecule has 0 radical (unpaired) electrons. The minimum absolute atomic E-state index is 0.272. The molecule has 1 aliphatic carbocycles. The molecule has 0 atom stereocenters. The van der Waals surface area contributed by atoms with Gasteiger partial charge in [0, 0.05) is 24.1 Å². The Morgan fingerprint density at radius 3 is 2.89 bits per heavy atom.